The Morgan fingerprint density at radius 2 is 2.18 bits per heavy atom. The molecule has 0 spiro atoms. The Kier molecular flexibility index (Phi) is 2.48. The second kappa shape index (κ2) is 4.13. The number of aromatic nitrogens is 2. The van der Waals surface area contributed by atoms with Crippen molar-refractivity contribution in [2.24, 2.45) is 0 Å². The molecule has 0 atom stereocenters. The molecule has 1 N–H and O–H groups in total. The summed E-state index contributed by atoms with van der Waals surface area (Å²) >= 11 is 0. The van der Waals surface area contributed by atoms with Crippen LogP contribution in [0.4, 0.5) is 5.95 Å². The van der Waals surface area contributed by atoms with E-state index in [4.69, 9.17) is 4.74 Å². The summed E-state index contributed by atoms with van der Waals surface area (Å²) < 4.78 is 7.39. The molecule has 1 heterocycles. The highest BCUT2D eigenvalue weighted by atomic mass is 16.5. The number of rotatable bonds is 4. The lowest BCUT2D eigenvalue weighted by atomic mass is 10.3. The van der Waals surface area contributed by atoms with E-state index in [9.17, 15) is 0 Å². The van der Waals surface area contributed by atoms with Crippen molar-refractivity contribution in [3.8, 4) is 11.4 Å². The smallest absolute Gasteiger partial charge is 0.207 e. The van der Waals surface area contributed by atoms with Crippen molar-refractivity contribution in [3.05, 3.63) is 36.7 Å². The lowest BCUT2D eigenvalue weighted by molar-refractivity contribution is 0.413. The Balaban J connectivity index is 1.99. The Hall–Kier alpha value is -1.97. The lowest BCUT2D eigenvalue weighted by Crippen LogP contribution is -2.08. The molecule has 0 saturated heterocycles. The number of nitrogens with one attached hydrogen (secondary N) is 1. The molecule has 0 unspecified atom stereocenters. The molecule has 0 aliphatic heterocycles. The molecule has 1 aromatic carbocycles. The van der Waals surface area contributed by atoms with Gasteiger partial charge in [0.05, 0.1) is 12.8 Å². The Morgan fingerprint density at radius 3 is 2.94 bits per heavy atom. The van der Waals surface area contributed by atoms with Gasteiger partial charge in [-0.25, -0.2) is 4.98 Å². The molecule has 17 heavy (non-hydrogen) atoms. The third-order valence-corrected chi connectivity index (χ3v) is 2.90. The number of hydrogen-bond acceptors (Lipinski definition) is 3. The lowest BCUT2D eigenvalue weighted by Gasteiger charge is -2.12. The van der Waals surface area contributed by atoms with Gasteiger partial charge in [-0.3, -0.25) is 4.57 Å². The molecule has 1 aliphatic rings. The number of methoxy groups -OCH3 is 1. The van der Waals surface area contributed by atoms with E-state index in [-0.39, 0.29) is 0 Å². The highest BCUT2D eigenvalue weighted by Gasteiger charge is 2.23. The van der Waals surface area contributed by atoms with Crippen LogP contribution in [0, 0.1) is 0 Å². The first-order valence-corrected chi connectivity index (χ1v) is 5.82. The maximum atomic E-state index is 5.37. The average molecular weight is 229 g/mol. The quantitative estimate of drug-likeness (QED) is 0.875. The first-order valence-electron chi connectivity index (χ1n) is 5.82. The fourth-order valence-electron chi connectivity index (χ4n) is 1.84. The Labute approximate surface area is 100 Å². The molecule has 88 valence electrons. The van der Waals surface area contributed by atoms with E-state index in [2.05, 4.69) is 10.3 Å². The molecule has 4 heteroatoms. The summed E-state index contributed by atoms with van der Waals surface area (Å²) in [5.74, 6) is 1.74. The maximum absolute atomic E-state index is 5.37. The monoisotopic (exact) mass is 229 g/mol. The van der Waals surface area contributed by atoms with E-state index in [1.807, 2.05) is 35.0 Å². The maximum Gasteiger partial charge on any atom is 0.207 e. The summed E-state index contributed by atoms with van der Waals surface area (Å²) in [6.07, 6.45) is 6.22. The van der Waals surface area contributed by atoms with Crippen molar-refractivity contribution >= 4 is 5.95 Å². The normalized spacial score (nSPS) is 14.6. The van der Waals surface area contributed by atoms with Crippen molar-refractivity contribution in [1.82, 2.24) is 9.55 Å². The SMILES string of the molecule is COc1ccccc1-n1ccnc1NC1CC1. The summed E-state index contributed by atoms with van der Waals surface area (Å²) in [7, 11) is 1.68. The van der Waals surface area contributed by atoms with Crippen molar-refractivity contribution in [2.45, 2.75) is 18.9 Å². The second-order valence-electron chi connectivity index (χ2n) is 4.21. The summed E-state index contributed by atoms with van der Waals surface area (Å²) in [5, 5.41) is 3.41. The van der Waals surface area contributed by atoms with E-state index in [1.54, 1.807) is 13.3 Å². The van der Waals surface area contributed by atoms with Crippen molar-refractivity contribution < 1.29 is 4.74 Å². The highest BCUT2D eigenvalue weighted by molar-refractivity contribution is 5.51. The first kappa shape index (κ1) is 10.2. The van der Waals surface area contributed by atoms with Gasteiger partial charge in [-0.2, -0.15) is 0 Å². The van der Waals surface area contributed by atoms with E-state index in [0.717, 1.165) is 17.4 Å². The minimum absolute atomic E-state index is 0.589. The van der Waals surface area contributed by atoms with Crippen molar-refractivity contribution in [1.29, 1.82) is 0 Å². The number of anilines is 1. The molecular formula is C13H15N3O. The molecule has 0 radical (unpaired) electrons. The van der Waals surface area contributed by atoms with Gasteiger partial charge in [0.15, 0.2) is 0 Å². The predicted octanol–water partition coefficient (Wildman–Crippen LogP) is 2.46. The van der Waals surface area contributed by atoms with Gasteiger partial charge in [0.1, 0.15) is 5.75 Å². The van der Waals surface area contributed by atoms with Crippen LogP contribution in [0.1, 0.15) is 12.8 Å². The molecule has 3 rings (SSSR count). The van der Waals surface area contributed by atoms with E-state index >= 15 is 0 Å². The van der Waals surface area contributed by atoms with Gasteiger partial charge < -0.3 is 10.1 Å². The number of benzene rings is 1. The Bertz CT molecular complexity index is 517. The molecule has 1 saturated carbocycles. The van der Waals surface area contributed by atoms with Crippen LogP contribution in [0.5, 0.6) is 5.75 Å². The number of hydrogen-bond donors (Lipinski definition) is 1. The fraction of sp³-hybridized carbons (Fsp3) is 0.308. The van der Waals surface area contributed by atoms with Gasteiger partial charge in [0.25, 0.3) is 0 Å². The summed E-state index contributed by atoms with van der Waals surface area (Å²) in [6, 6.07) is 8.53. The van der Waals surface area contributed by atoms with Crippen LogP contribution in [-0.4, -0.2) is 22.7 Å². The zero-order valence-electron chi connectivity index (χ0n) is 9.76. The van der Waals surface area contributed by atoms with Gasteiger partial charge in [-0.1, -0.05) is 12.1 Å². The highest BCUT2D eigenvalue weighted by Crippen LogP contribution is 2.28. The van der Waals surface area contributed by atoms with Gasteiger partial charge in [0, 0.05) is 18.4 Å². The zero-order chi connectivity index (χ0) is 11.7. The largest absolute Gasteiger partial charge is 0.495 e. The first-order chi connectivity index (χ1) is 8.38. The van der Waals surface area contributed by atoms with Crippen LogP contribution in [0.15, 0.2) is 36.7 Å². The number of nitrogens with zero attached hydrogens (tertiary/aromatic N) is 2. The minimum atomic E-state index is 0.589. The molecule has 0 bridgehead atoms. The van der Waals surface area contributed by atoms with Crippen LogP contribution < -0.4 is 10.1 Å². The zero-order valence-corrected chi connectivity index (χ0v) is 9.76. The second-order valence-corrected chi connectivity index (χ2v) is 4.21. The van der Waals surface area contributed by atoms with Crippen LogP contribution in [0.2, 0.25) is 0 Å². The average Bonchev–Trinajstić information content (AvgIpc) is 3.06. The summed E-state index contributed by atoms with van der Waals surface area (Å²) in [6.45, 7) is 0. The molecule has 1 aromatic heterocycles. The fourth-order valence-corrected chi connectivity index (χ4v) is 1.84. The number of para-hydroxylation sites is 2. The minimum Gasteiger partial charge on any atom is -0.495 e. The molecule has 1 fully saturated rings. The molecule has 0 amide bonds. The molecule has 1 aliphatic carbocycles. The van der Waals surface area contributed by atoms with Gasteiger partial charge in [-0.15, -0.1) is 0 Å². The third kappa shape index (κ3) is 1.98. The summed E-state index contributed by atoms with van der Waals surface area (Å²) in [5.41, 5.74) is 1.01. The third-order valence-electron chi connectivity index (χ3n) is 2.90. The van der Waals surface area contributed by atoms with Crippen LogP contribution in [0.25, 0.3) is 5.69 Å². The standard InChI is InChI=1S/C13H15N3O/c1-17-12-5-3-2-4-11(12)16-9-8-14-13(16)15-10-6-7-10/h2-5,8-10H,6-7H2,1H3,(H,14,15). The number of imidazole rings is 1. The Morgan fingerprint density at radius 1 is 1.35 bits per heavy atom. The molecule has 4 nitrogen and oxygen atoms in total. The molecular weight excluding hydrogens is 214 g/mol. The predicted molar refractivity (Wildman–Crippen MR) is 66.8 cm³/mol. The number of ether oxygens (including phenoxy) is 1. The van der Waals surface area contributed by atoms with Gasteiger partial charge in [0.2, 0.25) is 5.95 Å². The molecule has 2 aromatic rings. The van der Waals surface area contributed by atoms with Crippen LogP contribution >= 0.6 is 0 Å². The van der Waals surface area contributed by atoms with Crippen molar-refractivity contribution in [3.63, 3.8) is 0 Å². The summed E-state index contributed by atoms with van der Waals surface area (Å²) in [4.78, 5) is 4.34. The van der Waals surface area contributed by atoms with E-state index < -0.39 is 0 Å². The van der Waals surface area contributed by atoms with Crippen molar-refractivity contribution in [2.75, 3.05) is 12.4 Å². The van der Waals surface area contributed by atoms with Gasteiger partial charge in [-0.05, 0) is 25.0 Å². The van der Waals surface area contributed by atoms with Crippen LogP contribution in [-0.2, 0) is 0 Å². The van der Waals surface area contributed by atoms with E-state index in [0.29, 0.717) is 6.04 Å². The van der Waals surface area contributed by atoms with E-state index in [1.165, 1.54) is 12.8 Å². The topological polar surface area (TPSA) is 39.1 Å². The van der Waals surface area contributed by atoms with Crippen LogP contribution in [0.3, 0.4) is 0 Å². The van der Waals surface area contributed by atoms with Gasteiger partial charge >= 0.3 is 0 Å².